The van der Waals surface area contributed by atoms with Gasteiger partial charge >= 0.3 is 0 Å². The van der Waals surface area contributed by atoms with Crippen molar-refractivity contribution in [2.24, 2.45) is 23.7 Å². The van der Waals surface area contributed by atoms with Crippen LogP contribution in [0.15, 0.2) is 0 Å². The molecule has 0 N–H and O–H groups in total. The molecule has 0 aliphatic heterocycles. The fourth-order valence-electron chi connectivity index (χ4n) is 4.26. The standard InChI is InChI=1S/C17H31I/c1-2-3-4-14-5-9-16(10-6-14)17-11-7-15(13-18)8-12-17/h14-17H,2-13H2,1H3/t14-,15-,16-,17-. The third kappa shape index (κ3) is 4.38. The normalized spacial score (nSPS) is 37.7. The van der Waals surface area contributed by atoms with Gasteiger partial charge in [-0.25, -0.2) is 0 Å². The minimum atomic E-state index is 1.06. The zero-order valence-electron chi connectivity index (χ0n) is 12.2. The summed E-state index contributed by atoms with van der Waals surface area (Å²) in [4.78, 5) is 0. The van der Waals surface area contributed by atoms with Gasteiger partial charge in [-0.3, -0.25) is 0 Å². The maximum absolute atomic E-state index is 2.58. The molecule has 1 heteroatoms. The number of rotatable bonds is 5. The molecule has 2 fully saturated rings. The number of alkyl halides is 1. The van der Waals surface area contributed by atoms with E-state index in [0.717, 1.165) is 23.7 Å². The van der Waals surface area contributed by atoms with Crippen LogP contribution in [-0.2, 0) is 0 Å². The summed E-state index contributed by atoms with van der Waals surface area (Å²) in [5.74, 6) is 4.36. The summed E-state index contributed by atoms with van der Waals surface area (Å²) >= 11 is 2.58. The molecule has 2 aliphatic carbocycles. The SMILES string of the molecule is CCCC[C@H]1CC[C@H]([C@H]2CC[C@H](CI)CC2)CC1. The monoisotopic (exact) mass is 362 g/mol. The lowest BCUT2D eigenvalue weighted by Crippen LogP contribution is -2.26. The van der Waals surface area contributed by atoms with Gasteiger partial charge < -0.3 is 0 Å². The van der Waals surface area contributed by atoms with Crippen LogP contribution in [0, 0.1) is 23.7 Å². The topological polar surface area (TPSA) is 0 Å². The highest BCUT2D eigenvalue weighted by Gasteiger charge is 2.30. The van der Waals surface area contributed by atoms with E-state index in [-0.39, 0.29) is 0 Å². The third-order valence-electron chi connectivity index (χ3n) is 5.63. The summed E-state index contributed by atoms with van der Waals surface area (Å²) in [6, 6.07) is 0. The predicted octanol–water partition coefficient (Wildman–Crippen LogP) is 6.22. The van der Waals surface area contributed by atoms with Crippen LogP contribution < -0.4 is 0 Å². The minimum Gasteiger partial charge on any atom is -0.0861 e. The van der Waals surface area contributed by atoms with Crippen molar-refractivity contribution in [2.75, 3.05) is 4.43 Å². The molecule has 106 valence electrons. The van der Waals surface area contributed by atoms with Crippen LogP contribution >= 0.6 is 22.6 Å². The van der Waals surface area contributed by atoms with Gasteiger partial charge in [-0.2, -0.15) is 0 Å². The molecule has 0 aromatic carbocycles. The van der Waals surface area contributed by atoms with Crippen molar-refractivity contribution in [1.82, 2.24) is 0 Å². The first-order valence-corrected chi connectivity index (χ1v) is 9.92. The molecule has 0 radical (unpaired) electrons. The smallest absolute Gasteiger partial charge is 0.00237 e. The van der Waals surface area contributed by atoms with E-state index in [9.17, 15) is 0 Å². The largest absolute Gasteiger partial charge is 0.0861 e. The van der Waals surface area contributed by atoms with Gasteiger partial charge in [0.25, 0.3) is 0 Å². The van der Waals surface area contributed by atoms with Gasteiger partial charge in [0.1, 0.15) is 0 Å². The average Bonchev–Trinajstić information content (AvgIpc) is 2.46. The van der Waals surface area contributed by atoms with Crippen molar-refractivity contribution < 1.29 is 0 Å². The van der Waals surface area contributed by atoms with Gasteiger partial charge in [-0.15, -0.1) is 0 Å². The van der Waals surface area contributed by atoms with Crippen molar-refractivity contribution in [2.45, 2.75) is 77.6 Å². The maximum Gasteiger partial charge on any atom is 0.00237 e. The Balaban J connectivity index is 1.67. The lowest BCUT2D eigenvalue weighted by Gasteiger charge is -2.37. The van der Waals surface area contributed by atoms with Crippen LogP contribution in [0.1, 0.15) is 77.6 Å². The fraction of sp³-hybridized carbons (Fsp3) is 1.00. The summed E-state index contributed by atoms with van der Waals surface area (Å²) < 4.78 is 1.40. The second-order valence-electron chi connectivity index (χ2n) is 6.86. The van der Waals surface area contributed by atoms with E-state index in [4.69, 9.17) is 0 Å². The molecule has 18 heavy (non-hydrogen) atoms. The third-order valence-corrected chi connectivity index (χ3v) is 6.88. The number of halogens is 1. The van der Waals surface area contributed by atoms with Crippen molar-refractivity contribution >= 4 is 22.6 Å². The van der Waals surface area contributed by atoms with Crippen molar-refractivity contribution in [1.29, 1.82) is 0 Å². The Bertz CT molecular complexity index is 210. The van der Waals surface area contributed by atoms with Crippen LogP contribution in [0.5, 0.6) is 0 Å². The quantitative estimate of drug-likeness (QED) is 0.402. The first-order chi connectivity index (χ1) is 8.83. The lowest BCUT2D eigenvalue weighted by atomic mass is 9.69. The summed E-state index contributed by atoms with van der Waals surface area (Å²) in [7, 11) is 0. The summed E-state index contributed by atoms with van der Waals surface area (Å²) in [6.45, 7) is 2.33. The van der Waals surface area contributed by atoms with Crippen LogP contribution in [0.2, 0.25) is 0 Å². The van der Waals surface area contributed by atoms with E-state index in [1.807, 2.05) is 0 Å². The molecule has 2 rings (SSSR count). The van der Waals surface area contributed by atoms with E-state index in [0.29, 0.717) is 0 Å². The van der Waals surface area contributed by atoms with Crippen molar-refractivity contribution in [3.05, 3.63) is 0 Å². The highest BCUT2D eigenvalue weighted by molar-refractivity contribution is 14.1. The molecule has 0 spiro atoms. The molecule has 0 aromatic heterocycles. The number of hydrogen-bond donors (Lipinski definition) is 0. The summed E-state index contributed by atoms with van der Waals surface area (Å²) in [5.41, 5.74) is 0. The van der Waals surface area contributed by atoms with Gasteiger partial charge in [0, 0.05) is 4.43 Å². The predicted molar refractivity (Wildman–Crippen MR) is 89.3 cm³/mol. The highest BCUT2D eigenvalue weighted by Crippen LogP contribution is 2.42. The van der Waals surface area contributed by atoms with E-state index in [2.05, 4.69) is 29.5 Å². The van der Waals surface area contributed by atoms with E-state index in [1.165, 1.54) is 36.5 Å². The van der Waals surface area contributed by atoms with Crippen LogP contribution in [0.3, 0.4) is 0 Å². The van der Waals surface area contributed by atoms with Crippen LogP contribution in [0.4, 0.5) is 0 Å². The van der Waals surface area contributed by atoms with E-state index < -0.39 is 0 Å². The van der Waals surface area contributed by atoms with Crippen LogP contribution in [0.25, 0.3) is 0 Å². The molecule has 0 nitrogen and oxygen atoms in total. The first-order valence-electron chi connectivity index (χ1n) is 8.39. The molecule has 0 aromatic rings. The molecule has 0 amide bonds. The van der Waals surface area contributed by atoms with Gasteiger partial charge in [0.15, 0.2) is 0 Å². The zero-order valence-corrected chi connectivity index (χ0v) is 14.3. The van der Waals surface area contributed by atoms with Crippen molar-refractivity contribution in [3.63, 3.8) is 0 Å². The Morgan fingerprint density at radius 2 is 1.28 bits per heavy atom. The summed E-state index contributed by atoms with van der Waals surface area (Å²) in [6.07, 6.45) is 16.8. The minimum absolute atomic E-state index is 1.06. The van der Waals surface area contributed by atoms with Gasteiger partial charge in [0.2, 0.25) is 0 Å². The number of hydrogen-bond acceptors (Lipinski definition) is 0. The maximum atomic E-state index is 2.58. The Labute approximate surface area is 128 Å². The molecule has 0 atom stereocenters. The first kappa shape index (κ1) is 15.1. The Morgan fingerprint density at radius 3 is 1.72 bits per heavy atom. The van der Waals surface area contributed by atoms with Crippen LogP contribution in [-0.4, -0.2) is 4.43 Å². The molecule has 2 saturated carbocycles. The Morgan fingerprint density at radius 1 is 0.778 bits per heavy atom. The summed E-state index contributed by atoms with van der Waals surface area (Å²) in [5, 5.41) is 0. The zero-order chi connectivity index (χ0) is 12.8. The van der Waals surface area contributed by atoms with Gasteiger partial charge in [0.05, 0.1) is 0 Å². The highest BCUT2D eigenvalue weighted by atomic mass is 127. The lowest BCUT2D eigenvalue weighted by molar-refractivity contribution is 0.148. The van der Waals surface area contributed by atoms with Gasteiger partial charge in [-0.1, -0.05) is 61.6 Å². The Hall–Kier alpha value is 0.730. The molecule has 0 bridgehead atoms. The Kier molecular flexibility index (Phi) is 6.82. The molecule has 2 aliphatic rings. The molecule has 0 heterocycles. The average molecular weight is 362 g/mol. The molecular weight excluding hydrogens is 331 g/mol. The fourth-order valence-corrected chi connectivity index (χ4v) is 5.14. The molecule has 0 saturated heterocycles. The molecular formula is C17H31I. The van der Waals surface area contributed by atoms with Gasteiger partial charge in [-0.05, 0) is 62.2 Å². The van der Waals surface area contributed by atoms with E-state index in [1.54, 1.807) is 38.5 Å². The number of unbranched alkanes of at least 4 members (excludes halogenated alkanes) is 1. The second kappa shape index (κ2) is 8.11. The second-order valence-corrected chi connectivity index (χ2v) is 7.74. The molecule has 0 unspecified atom stereocenters. The van der Waals surface area contributed by atoms with Crippen molar-refractivity contribution in [3.8, 4) is 0 Å². The van der Waals surface area contributed by atoms with E-state index >= 15 is 0 Å².